The van der Waals surface area contributed by atoms with Crippen LogP contribution in [0.4, 0.5) is 0 Å². The summed E-state index contributed by atoms with van der Waals surface area (Å²) in [6, 6.07) is -0.295. The number of likely N-dealkylation sites (N-methyl/N-ethyl adjacent to an activating group) is 1. The minimum Gasteiger partial charge on any atom is -0.355 e. The molecule has 2 amide bonds. The van der Waals surface area contributed by atoms with E-state index in [1.165, 1.54) is 0 Å². The van der Waals surface area contributed by atoms with E-state index in [0.717, 1.165) is 0 Å². The summed E-state index contributed by atoms with van der Waals surface area (Å²) in [5, 5.41) is 2.78. The third-order valence-corrected chi connectivity index (χ3v) is 3.45. The Morgan fingerprint density at radius 1 is 1.44 bits per heavy atom. The number of nitrogens with one attached hydrogen (secondary N) is 1. The smallest absolute Gasteiger partial charge is 0.243 e. The second-order valence-electron chi connectivity index (χ2n) is 4.94. The summed E-state index contributed by atoms with van der Waals surface area (Å²) in [5.41, 5.74) is -0.421. The molecule has 0 bridgehead atoms. The van der Waals surface area contributed by atoms with E-state index in [0.29, 0.717) is 18.2 Å². The minimum atomic E-state index is -0.421. The van der Waals surface area contributed by atoms with Gasteiger partial charge in [0.15, 0.2) is 0 Å². The van der Waals surface area contributed by atoms with Crippen LogP contribution in [0, 0.1) is 5.41 Å². The second-order valence-corrected chi connectivity index (χ2v) is 5.93. The molecule has 1 atom stereocenters. The maximum atomic E-state index is 12.1. The van der Waals surface area contributed by atoms with Crippen molar-refractivity contribution < 1.29 is 9.59 Å². The minimum absolute atomic E-state index is 0.0369. The maximum absolute atomic E-state index is 12.1. The molecular formula is C11H20N2O2S. The van der Waals surface area contributed by atoms with E-state index >= 15 is 0 Å². The van der Waals surface area contributed by atoms with Crippen molar-refractivity contribution in [2.45, 2.75) is 33.7 Å². The van der Waals surface area contributed by atoms with Crippen LogP contribution in [0.2, 0.25) is 0 Å². The fourth-order valence-corrected chi connectivity index (χ4v) is 2.74. The van der Waals surface area contributed by atoms with Gasteiger partial charge in [-0.3, -0.25) is 9.59 Å². The quantitative estimate of drug-likeness (QED) is 0.790. The molecule has 16 heavy (non-hydrogen) atoms. The third-order valence-electron chi connectivity index (χ3n) is 2.44. The topological polar surface area (TPSA) is 49.4 Å². The molecule has 5 heteroatoms. The van der Waals surface area contributed by atoms with Crippen molar-refractivity contribution in [2.24, 2.45) is 5.41 Å². The third kappa shape index (κ3) is 2.90. The zero-order valence-corrected chi connectivity index (χ0v) is 11.2. The molecule has 0 aromatic carbocycles. The summed E-state index contributed by atoms with van der Waals surface area (Å²) < 4.78 is 0. The first kappa shape index (κ1) is 13.4. The van der Waals surface area contributed by atoms with Gasteiger partial charge in [-0.25, -0.2) is 0 Å². The predicted molar refractivity (Wildman–Crippen MR) is 66.1 cm³/mol. The molecule has 0 aliphatic carbocycles. The van der Waals surface area contributed by atoms with Gasteiger partial charge in [0.1, 0.15) is 6.04 Å². The number of rotatable bonds is 2. The Hall–Kier alpha value is -0.710. The van der Waals surface area contributed by atoms with Crippen molar-refractivity contribution in [2.75, 3.05) is 18.2 Å². The number of hydrogen-bond donors (Lipinski definition) is 1. The molecule has 0 saturated carbocycles. The van der Waals surface area contributed by atoms with Gasteiger partial charge in [0.05, 0.1) is 5.88 Å². The number of carbonyl (C=O) groups is 2. The van der Waals surface area contributed by atoms with Gasteiger partial charge >= 0.3 is 0 Å². The van der Waals surface area contributed by atoms with Crippen LogP contribution in [-0.2, 0) is 9.59 Å². The normalized spacial score (nSPS) is 21.0. The molecule has 1 heterocycles. The van der Waals surface area contributed by atoms with E-state index in [9.17, 15) is 9.59 Å². The molecule has 1 saturated heterocycles. The molecule has 0 radical (unpaired) electrons. The van der Waals surface area contributed by atoms with Crippen LogP contribution in [0.3, 0.4) is 0 Å². The number of nitrogens with zero attached hydrogens (tertiary/aromatic N) is 1. The largest absolute Gasteiger partial charge is 0.355 e. The highest BCUT2D eigenvalue weighted by molar-refractivity contribution is 7.99. The SMILES string of the molecule is CCNC(=O)[C@H]1CSCN1C(=O)C(C)(C)C. The summed E-state index contributed by atoms with van der Waals surface area (Å²) in [6.07, 6.45) is 0. The Balaban J connectivity index is 2.73. The molecule has 1 rings (SSSR count). The van der Waals surface area contributed by atoms with Crippen LogP contribution in [0.15, 0.2) is 0 Å². The molecular weight excluding hydrogens is 224 g/mol. The summed E-state index contributed by atoms with van der Waals surface area (Å²) >= 11 is 1.63. The molecule has 0 spiro atoms. The summed E-state index contributed by atoms with van der Waals surface area (Å²) in [5.74, 6) is 1.34. The van der Waals surface area contributed by atoms with Gasteiger partial charge in [0.25, 0.3) is 0 Å². The molecule has 1 aliphatic rings. The molecule has 0 aromatic heterocycles. The van der Waals surface area contributed by atoms with E-state index in [2.05, 4.69) is 5.32 Å². The van der Waals surface area contributed by atoms with Crippen LogP contribution < -0.4 is 5.32 Å². The lowest BCUT2D eigenvalue weighted by atomic mass is 9.94. The Morgan fingerprint density at radius 2 is 2.06 bits per heavy atom. The zero-order valence-electron chi connectivity index (χ0n) is 10.4. The highest BCUT2D eigenvalue weighted by atomic mass is 32.2. The zero-order chi connectivity index (χ0) is 12.3. The molecule has 0 aromatic rings. The van der Waals surface area contributed by atoms with Gasteiger partial charge in [-0.1, -0.05) is 20.8 Å². The van der Waals surface area contributed by atoms with Crippen LogP contribution in [0.25, 0.3) is 0 Å². The molecule has 4 nitrogen and oxygen atoms in total. The standard InChI is InChI=1S/C11H20N2O2S/c1-5-12-9(14)8-6-16-7-13(8)10(15)11(2,3)4/h8H,5-7H2,1-4H3,(H,12,14)/t8-/m1/s1. The first-order valence-electron chi connectivity index (χ1n) is 5.54. The van der Waals surface area contributed by atoms with Gasteiger partial charge in [-0.2, -0.15) is 0 Å². The monoisotopic (exact) mass is 244 g/mol. The van der Waals surface area contributed by atoms with Crippen molar-refractivity contribution in [3.05, 3.63) is 0 Å². The summed E-state index contributed by atoms with van der Waals surface area (Å²) in [7, 11) is 0. The fourth-order valence-electron chi connectivity index (χ4n) is 1.58. The molecule has 1 N–H and O–H groups in total. The number of amides is 2. The van der Waals surface area contributed by atoms with E-state index in [4.69, 9.17) is 0 Å². The first-order chi connectivity index (χ1) is 7.38. The van der Waals surface area contributed by atoms with Crippen LogP contribution in [0.1, 0.15) is 27.7 Å². The lowest BCUT2D eigenvalue weighted by Gasteiger charge is -2.29. The van der Waals surface area contributed by atoms with Gasteiger partial charge in [-0.15, -0.1) is 11.8 Å². The van der Waals surface area contributed by atoms with Gasteiger partial charge in [0.2, 0.25) is 11.8 Å². The summed E-state index contributed by atoms with van der Waals surface area (Å²) in [6.45, 7) is 8.14. The van der Waals surface area contributed by atoms with Crippen molar-refractivity contribution in [3.8, 4) is 0 Å². The molecule has 92 valence electrons. The second kappa shape index (κ2) is 5.08. The van der Waals surface area contributed by atoms with Crippen LogP contribution in [-0.4, -0.2) is 40.9 Å². The molecule has 0 unspecified atom stereocenters. The van der Waals surface area contributed by atoms with Crippen LogP contribution in [0.5, 0.6) is 0 Å². The predicted octanol–water partition coefficient (Wildman–Crippen LogP) is 1.07. The van der Waals surface area contributed by atoms with Crippen molar-refractivity contribution in [3.63, 3.8) is 0 Å². The lowest BCUT2D eigenvalue weighted by Crippen LogP contribution is -2.50. The van der Waals surface area contributed by atoms with Crippen molar-refractivity contribution in [1.82, 2.24) is 10.2 Å². The Labute approximate surface area is 101 Å². The Bertz CT molecular complexity index is 286. The average Bonchev–Trinajstić information content (AvgIpc) is 2.63. The van der Waals surface area contributed by atoms with Gasteiger partial charge in [0, 0.05) is 17.7 Å². The Morgan fingerprint density at radius 3 is 2.56 bits per heavy atom. The summed E-state index contributed by atoms with van der Waals surface area (Å²) in [4.78, 5) is 25.6. The molecule has 1 fully saturated rings. The maximum Gasteiger partial charge on any atom is 0.243 e. The highest BCUT2D eigenvalue weighted by Crippen LogP contribution is 2.27. The Kier molecular flexibility index (Phi) is 4.24. The number of hydrogen-bond acceptors (Lipinski definition) is 3. The fraction of sp³-hybridized carbons (Fsp3) is 0.818. The van der Waals surface area contributed by atoms with E-state index in [1.54, 1.807) is 16.7 Å². The highest BCUT2D eigenvalue weighted by Gasteiger charge is 2.38. The van der Waals surface area contributed by atoms with Crippen molar-refractivity contribution in [1.29, 1.82) is 0 Å². The van der Waals surface area contributed by atoms with Crippen LogP contribution >= 0.6 is 11.8 Å². The number of thioether (sulfide) groups is 1. The van der Waals surface area contributed by atoms with E-state index in [1.807, 2.05) is 27.7 Å². The molecule has 1 aliphatic heterocycles. The van der Waals surface area contributed by atoms with E-state index < -0.39 is 5.41 Å². The lowest BCUT2D eigenvalue weighted by molar-refractivity contribution is -0.144. The average molecular weight is 244 g/mol. The van der Waals surface area contributed by atoms with Gasteiger partial charge < -0.3 is 10.2 Å². The first-order valence-corrected chi connectivity index (χ1v) is 6.70. The van der Waals surface area contributed by atoms with E-state index in [-0.39, 0.29) is 17.9 Å². The number of carbonyl (C=O) groups excluding carboxylic acids is 2. The van der Waals surface area contributed by atoms with Gasteiger partial charge in [-0.05, 0) is 6.92 Å². The van der Waals surface area contributed by atoms with Crippen molar-refractivity contribution >= 4 is 23.6 Å².